The van der Waals surface area contributed by atoms with E-state index in [1.54, 1.807) is 12.3 Å². The van der Waals surface area contributed by atoms with E-state index in [-0.39, 0.29) is 5.15 Å². The van der Waals surface area contributed by atoms with Gasteiger partial charge in [0.25, 0.3) is 0 Å². The van der Waals surface area contributed by atoms with Crippen molar-refractivity contribution in [1.82, 2.24) is 10.3 Å². The Balaban J connectivity index is 1.98. The van der Waals surface area contributed by atoms with E-state index in [1.165, 1.54) is 6.21 Å². The van der Waals surface area contributed by atoms with Crippen molar-refractivity contribution in [1.29, 1.82) is 0 Å². The van der Waals surface area contributed by atoms with Gasteiger partial charge in [0.15, 0.2) is 0 Å². The van der Waals surface area contributed by atoms with Crippen molar-refractivity contribution in [3.63, 3.8) is 0 Å². The van der Waals surface area contributed by atoms with Crippen LogP contribution in [0.1, 0.15) is 12.0 Å². The maximum absolute atomic E-state index is 8.47. The third kappa shape index (κ3) is 3.31. The molecule has 0 saturated carbocycles. The number of halogens is 1. The van der Waals surface area contributed by atoms with Crippen molar-refractivity contribution in [2.75, 3.05) is 19.7 Å². The maximum Gasteiger partial charge on any atom is 0.138 e. The van der Waals surface area contributed by atoms with Gasteiger partial charge in [0.2, 0.25) is 0 Å². The molecule has 0 bridgehead atoms. The SMILES string of the molecule is ON=Cc1cc(OC[C@@H]2CCNC2)cnc1Cl. The van der Waals surface area contributed by atoms with Gasteiger partial charge >= 0.3 is 0 Å². The van der Waals surface area contributed by atoms with Crippen LogP contribution in [-0.2, 0) is 0 Å². The second-order valence-corrected chi connectivity index (χ2v) is 4.32. The van der Waals surface area contributed by atoms with Gasteiger partial charge in [-0.2, -0.15) is 0 Å². The maximum atomic E-state index is 8.47. The number of oxime groups is 1. The van der Waals surface area contributed by atoms with E-state index in [0.29, 0.717) is 23.8 Å². The van der Waals surface area contributed by atoms with Crippen LogP contribution < -0.4 is 10.1 Å². The van der Waals surface area contributed by atoms with Gasteiger partial charge in [-0.25, -0.2) is 4.98 Å². The van der Waals surface area contributed by atoms with Gasteiger partial charge < -0.3 is 15.3 Å². The van der Waals surface area contributed by atoms with Crippen LogP contribution in [0.3, 0.4) is 0 Å². The fourth-order valence-electron chi connectivity index (χ4n) is 1.75. The molecular formula is C11H14ClN3O2. The highest BCUT2D eigenvalue weighted by atomic mass is 35.5. The van der Waals surface area contributed by atoms with Gasteiger partial charge in [0.1, 0.15) is 10.9 Å². The summed E-state index contributed by atoms with van der Waals surface area (Å²) in [7, 11) is 0. The normalized spacial score (nSPS) is 19.9. The summed E-state index contributed by atoms with van der Waals surface area (Å²) in [5, 5.41) is 15.0. The Morgan fingerprint density at radius 1 is 1.71 bits per heavy atom. The third-order valence-corrected chi connectivity index (χ3v) is 3.00. The van der Waals surface area contributed by atoms with E-state index in [4.69, 9.17) is 21.5 Å². The van der Waals surface area contributed by atoms with E-state index < -0.39 is 0 Å². The van der Waals surface area contributed by atoms with Crippen molar-refractivity contribution >= 4 is 17.8 Å². The Bertz CT molecular complexity index is 406. The topological polar surface area (TPSA) is 66.7 Å². The highest BCUT2D eigenvalue weighted by Crippen LogP contribution is 2.19. The number of pyridine rings is 1. The molecule has 1 aliphatic rings. The van der Waals surface area contributed by atoms with Gasteiger partial charge in [-0.15, -0.1) is 0 Å². The first kappa shape index (κ1) is 12.1. The molecule has 1 saturated heterocycles. The van der Waals surface area contributed by atoms with E-state index in [1.807, 2.05) is 0 Å². The molecule has 0 spiro atoms. The molecule has 1 aromatic rings. The minimum atomic E-state index is 0.290. The lowest BCUT2D eigenvalue weighted by atomic mass is 10.1. The molecule has 0 unspecified atom stereocenters. The highest BCUT2D eigenvalue weighted by molar-refractivity contribution is 6.31. The first-order valence-electron chi connectivity index (χ1n) is 5.46. The number of hydrogen-bond acceptors (Lipinski definition) is 5. The number of ether oxygens (including phenoxy) is 1. The lowest BCUT2D eigenvalue weighted by molar-refractivity contribution is 0.259. The fraction of sp³-hybridized carbons (Fsp3) is 0.455. The first-order valence-corrected chi connectivity index (χ1v) is 5.84. The third-order valence-electron chi connectivity index (χ3n) is 2.69. The summed E-state index contributed by atoms with van der Waals surface area (Å²) in [5.74, 6) is 1.18. The molecule has 1 aromatic heterocycles. The Morgan fingerprint density at radius 3 is 3.29 bits per heavy atom. The molecule has 17 heavy (non-hydrogen) atoms. The highest BCUT2D eigenvalue weighted by Gasteiger charge is 2.15. The van der Waals surface area contributed by atoms with Crippen molar-refractivity contribution in [2.45, 2.75) is 6.42 Å². The van der Waals surface area contributed by atoms with Crippen molar-refractivity contribution in [2.24, 2.45) is 11.1 Å². The van der Waals surface area contributed by atoms with E-state index in [0.717, 1.165) is 19.5 Å². The van der Waals surface area contributed by atoms with Gasteiger partial charge in [-0.3, -0.25) is 0 Å². The molecule has 0 aliphatic carbocycles. The summed E-state index contributed by atoms with van der Waals surface area (Å²) >= 11 is 5.82. The molecule has 0 amide bonds. The van der Waals surface area contributed by atoms with Crippen LogP contribution in [0.15, 0.2) is 17.4 Å². The number of nitrogens with one attached hydrogen (secondary N) is 1. The standard InChI is InChI=1S/C11H14ClN3O2/c12-11-9(5-15-16)3-10(6-14-11)17-7-8-1-2-13-4-8/h3,5-6,8,13,16H,1-2,4,7H2/t8-/m1/s1. The van der Waals surface area contributed by atoms with E-state index in [2.05, 4.69) is 15.5 Å². The van der Waals surface area contributed by atoms with Gasteiger partial charge in [0, 0.05) is 18.0 Å². The zero-order valence-corrected chi connectivity index (χ0v) is 10.0. The van der Waals surface area contributed by atoms with Crippen LogP contribution >= 0.6 is 11.6 Å². The second-order valence-electron chi connectivity index (χ2n) is 3.97. The van der Waals surface area contributed by atoms with E-state index >= 15 is 0 Å². The minimum Gasteiger partial charge on any atom is -0.492 e. The average molecular weight is 256 g/mol. The number of nitrogens with zero attached hydrogens (tertiary/aromatic N) is 2. The molecule has 0 aromatic carbocycles. The lowest BCUT2D eigenvalue weighted by Crippen LogP contribution is -2.15. The predicted octanol–water partition coefficient (Wildman–Crippen LogP) is 1.53. The molecule has 1 aliphatic heterocycles. The van der Waals surface area contributed by atoms with Gasteiger partial charge in [-0.1, -0.05) is 16.8 Å². The monoisotopic (exact) mass is 255 g/mol. The number of rotatable bonds is 4. The molecule has 1 atom stereocenters. The second kappa shape index (κ2) is 5.84. The van der Waals surface area contributed by atoms with Gasteiger partial charge in [0.05, 0.1) is 19.0 Å². The molecule has 2 N–H and O–H groups in total. The van der Waals surface area contributed by atoms with Crippen molar-refractivity contribution in [3.8, 4) is 5.75 Å². The summed E-state index contributed by atoms with van der Waals surface area (Å²) in [6.45, 7) is 2.70. The molecular weight excluding hydrogens is 242 g/mol. The summed E-state index contributed by atoms with van der Waals surface area (Å²) in [6, 6.07) is 1.71. The number of hydrogen-bond donors (Lipinski definition) is 2. The molecule has 2 rings (SSSR count). The van der Waals surface area contributed by atoms with Crippen LogP contribution in [0, 0.1) is 5.92 Å². The average Bonchev–Trinajstić information content (AvgIpc) is 2.83. The largest absolute Gasteiger partial charge is 0.492 e. The Kier molecular flexibility index (Phi) is 4.17. The molecule has 6 heteroatoms. The van der Waals surface area contributed by atoms with Gasteiger partial charge in [-0.05, 0) is 19.0 Å². The molecule has 0 radical (unpaired) electrons. The Hall–Kier alpha value is -1.33. The minimum absolute atomic E-state index is 0.290. The zero-order valence-electron chi connectivity index (χ0n) is 9.27. The fourth-order valence-corrected chi connectivity index (χ4v) is 1.90. The van der Waals surface area contributed by atoms with Crippen LogP contribution in [-0.4, -0.2) is 36.1 Å². The van der Waals surface area contributed by atoms with Crippen LogP contribution in [0.4, 0.5) is 0 Å². The molecule has 5 nitrogen and oxygen atoms in total. The zero-order chi connectivity index (χ0) is 12.1. The van der Waals surface area contributed by atoms with Crippen molar-refractivity contribution in [3.05, 3.63) is 23.0 Å². The summed E-state index contributed by atoms with van der Waals surface area (Å²) < 4.78 is 5.63. The molecule has 2 heterocycles. The van der Waals surface area contributed by atoms with Crippen LogP contribution in [0.2, 0.25) is 5.15 Å². The summed E-state index contributed by atoms with van der Waals surface area (Å²) in [5.41, 5.74) is 0.538. The quantitative estimate of drug-likeness (QED) is 0.371. The predicted molar refractivity (Wildman–Crippen MR) is 65.1 cm³/mol. The molecule has 1 fully saturated rings. The van der Waals surface area contributed by atoms with Crippen LogP contribution in [0.5, 0.6) is 5.75 Å². The summed E-state index contributed by atoms with van der Waals surface area (Å²) in [6.07, 6.45) is 3.94. The van der Waals surface area contributed by atoms with Crippen molar-refractivity contribution < 1.29 is 9.94 Å². The number of aromatic nitrogens is 1. The smallest absolute Gasteiger partial charge is 0.138 e. The van der Waals surface area contributed by atoms with Crippen LogP contribution in [0.25, 0.3) is 0 Å². The summed E-state index contributed by atoms with van der Waals surface area (Å²) in [4.78, 5) is 3.97. The first-order chi connectivity index (χ1) is 8.29. The molecule has 92 valence electrons. The Morgan fingerprint density at radius 2 is 2.59 bits per heavy atom. The Labute approximate surface area is 104 Å². The lowest BCUT2D eigenvalue weighted by Gasteiger charge is -2.11. The van der Waals surface area contributed by atoms with E-state index in [9.17, 15) is 0 Å².